The largest absolute Gasteiger partial charge is 0.484 e. The average molecular weight is 351 g/mol. The second-order valence-corrected chi connectivity index (χ2v) is 5.75. The van der Waals surface area contributed by atoms with Crippen molar-refractivity contribution >= 4 is 34.9 Å². The number of anilines is 1. The number of carbonyl (C=O) groups excluding carboxylic acids is 1. The summed E-state index contributed by atoms with van der Waals surface area (Å²) in [6.45, 7) is 1.86. The van der Waals surface area contributed by atoms with Crippen LogP contribution < -0.4 is 15.8 Å². The van der Waals surface area contributed by atoms with E-state index in [0.717, 1.165) is 16.8 Å². The van der Waals surface area contributed by atoms with E-state index in [1.165, 1.54) is 0 Å². The Bertz CT molecular complexity index is 852. The highest BCUT2D eigenvalue weighted by molar-refractivity contribution is 7.80. The molecule has 0 aliphatic carbocycles. The van der Waals surface area contributed by atoms with Gasteiger partial charge in [-0.15, -0.1) is 0 Å². The molecule has 5 nitrogen and oxygen atoms in total. The van der Waals surface area contributed by atoms with Gasteiger partial charge in [0.05, 0.1) is 5.57 Å². The number of hydrogen-bond acceptors (Lipinski definition) is 4. The molecule has 1 amide bonds. The molecule has 0 atom stereocenters. The maximum atomic E-state index is 11.9. The van der Waals surface area contributed by atoms with Crippen LogP contribution in [0.5, 0.6) is 5.75 Å². The molecule has 2 aromatic rings. The highest BCUT2D eigenvalue weighted by Gasteiger charge is 2.04. The van der Waals surface area contributed by atoms with Crippen LogP contribution in [-0.2, 0) is 4.79 Å². The van der Waals surface area contributed by atoms with E-state index in [4.69, 9.17) is 28.0 Å². The van der Waals surface area contributed by atoms with Crippen LogP contribution in [0.25, 0.3) is 6.08 Å². The summed E-state index contributed by atoms with van der Waals surface area (Å²) >= 11 is 4.79. The van der Waals surface area contributed by atoms with E-state index < -0.39 is 0 Å². The third-order valence-electron chi connectivity index (χ3n) is 3.25. The Morgan fingerprint density at radius 2 is 2.04 bits per heavy atom. The Hall–Kier alpha value is -3.17. The molecule has 25 heavy (non-hydrogen) atoms. The van der Waals surface area contributed by atoms with Crippen molar-refractivity contribution in [2.45, 2.75) is 6.92 Å². The third kappa shape index (κ3) is 5.75. The van der Waals surface area contributed by atoms with Gasteiger partial charge in [0.15, 0.2) is 6.61 Å². The monoisotopic (exact) mass is 351 g/mol. The van der Waals surface area contributed by atoms with Crippen molar-refractivity contribution in [2.75, 3.05) is 11.9 Å². The van der Waals surface area contributed by atoms with Gasteiger partial charge in [0.25, 0.3) is 5.91 Å². The first-order valence-electron chi connectivity index (χ1n) is 7.49. The Labute approximate surface area is 151 Å². The highest BCUT2D eigenvalue weighted by atomic mass is 32.1. The molecule has 0 heterocycles. The summed E-state index contributed by atoms with van der Waals surface area (Å²) in [5.74, 6) is 0.306. The second kappa shape index (κ2) is 8.62. The van der Waals surface area contributed by atoms with Gasteiger partial charge in [-0.1, -0.05) is 36.5 Å². The molecule has 2 aromatic carbocycles. The molecule has 0 unspecified atom stereocenters. The summed E-state index contributed by atoms with van der Waals surface area (Å²) in [5, 5.41) is 11.7. The summed E-state index contributed by atoms with van der Waals surface area (Å²) in [7, 11) is 0. The number of thiocarbonyl (C=S) groups is 1. The van der Waals surface area contributed by atoms with Crippen LogP contribution in [0.2, 0.25) is 0 Å². The van der Waals surface area contributed by atoms with E-state index >= 15 is 0 Å². The van der Waals surface area contributed by atoms with Crippen LogP contribution in [-0.4, -0.2) is 17.5 Å². The molecule has 0 bridgehead atoms. The molecule has 126 valence electrons. The van der Waals surface area contributed by atoms with Gasteiger partial charge in [-0.3, -0.25) is 4.79 Å². The van der Waals surface area contributed by atoms with E-state index in [1.54, 1.807) is 30.3 Å². The molecule has 0 aliphatic heterocycles. The van der Waals surface area contributed by atoms with Gasteiger partial charge in [-0.05, 0) is 48.4 Å². The molecule has 0 fully saturated rings. The molecular formula is C19H17N3O2S. The number of hydrogen-bond donors (Lipinski definition) is 2. The Kier molecular flexibility index (Phi) is 6.26. The first kappa shape index (κ1) is 18.2. The molecule has 0 aliphatic rings. The lowest BCUT2D eigenvalue weighted by Crippen LogP contribution is -2.20. The minimum Gasteiger partial charge on any atom is -0.484 e. The molecule has 2 rings (SSSR count). The number of nitrogens with one attached hydrogen (secondary N) is 1. The summed E-state index contributed by atoms with van der Waals surface area (Å²) in [5.41, 5.74) is 8.25. The van der Waals surface area contributed by atoms with E-state index in [9.17, 15) is 4.79 Å². The van der Waals surface area contributed by atoms with Gasteiger partial charge in [-0.25, -0.2) is 0 Å². The summed E-state index contributed by atoms with van der Waals surface area (Å²) in [6, 6.07) is 16.4. The first-order valence-corrected chi connectivity index (χ1v) is 7.90. The molecule has 3 N–H and O–H groups in total. The normalized spacial score (nSPS) is 10.6. The molecule has 0 saturated heterocycles. The number of ether oxygens (including phenoxy) is 1. The number of aryl methyl sites for hydroxylation is 1. The fraction of sp³-hybridized carbons (Fsp3) is 0.105. The van der Waals surface area contributed by atoms with Crippen LogP contribution in [0, 0.1) is 18.3 Å². The maximum absolute atomic E-state index is 11.9. The summed E-state index contributed by atoms with van der Waals surface area (Å²) in [6.07, 6.45) is 1.59. The van der Waals surface area contributed by atoms with Crippen LogP contribution in [0.3, 0.4) is 0 Å². The topological polar surface area (TPSA) is 88.1 Å². The summed E-state index contributed by atoms with van der Waals surface area (Å²) in [4.78, 5) is 12.0. The smallest absolute Gasteiger partial charge is 0.262 e. The van der Waals surface area contributed by atoms with Gasteiger partial charge in [0.1, 0.15) is 16.8 Å². The first-order chi connectivity index (χ1) is 12.0. The number of amides is 1. The Morgan fingerprint density at radius 1 is 1.32 bits per heavy atom. The van der Waals surface area contributed by atoms with Crippen molar-refractivity contribution in [3.8, 4) is 11.8 Å². The lowest BCUT2D eigenvalue weighted by Gasteiger charge is -2.08. The number of nitriles is 1. The zero-order valence-electron chi connectivity index (χ0n) is 13.7. The average Bonchev–Trinajstić information content (AvgIpc) is 2.58. The number of nitrogens with two attached hydrogens (primary N) is 1. The van der Waals surface area contributed by atoms with Gasteiger partial charge in [-0.2, -0.15) is 5.26 Å². The lowest BCUT2D eigenvalue weighted by molar-refractivity contribution is -0.118. The Morgan fingerprint density at radius 3 is 2.64 bits per heavy atom. The van der Waals surface area contributed by atoms with Crippen molar-refractivity contribution < 1.29 is 9.53 Å². The van der Waals surface area contributed by atoms with Gasteiger partial charge < -0.3 is 15.8 Å². The van der Waals surface area contributed by atoms with Gasteiger partial charge >= 0.3 is 0 Å². The van der Waals surface area contributed by atoms with Crippen molar-refractivity contribution in [3.63, 3.8) is 0 Å². The second-order valence-electron chi connectivity index (χ2n) is 5.31. The third-order valence-corrected chi connectivity index (χ3v) is 3.47. The van der Waals surface area contributed by atoms with Gasteiger partial charge in [0, 0.05) is 5.69 Å². The molecule has 6 heteroatoms. The lowest BCUT2D eigenvalue weighted by atomic mass is 10.1. The van der Waals surface area contributed by atoms with Crippen molar-refractivity contribution in [1.82, 2.24) is 0 Å². The predicted molar refractivity (Wildman–Crippen MR) is 102 cm³/mol. The van der Waals surface area contributed by atoms with E-state index in [1.807, 2.05) is 37.3 Å². The van der Waals surface area contributed by atoms with Crippen LogP contribution >= 0.6 is 12.2 Å². The minimum absolute atomic E-state index is 0.0515. The zero-order chi connectivity index (χ0) is 18.2. The van der Waals surface area contributed by atoms with Crippen molar-refractivity contribution in [3.05, 3.63) is 65.2 Å². The zero-order valence-corrected chi connectivity index (χ0v) is 14.5. The minimum atomic E-state index is -0.241. The van der Waals surface area contributed by atoms with E-state index in [-0.39, 0.29) is 23.1 Å². The summed E-state index contributed by atoms with van der Waals surface area (Å²) < 4.78 is 5.46. The van der Waals surface area contributed by atoms with Crippen LogP contribution in [0.1, 0.15) is 11.1 Å². The number of carbonyl (C=O) groups is 1. The van der Waals surface area contributed by atoms with E-state index in [2.05, 4.69) is 5.32 Å². The van der Waals surface area contributed by atoms with Crippen molar-refractivity contribution in [2.24, 2.45) is 5.73 Å². The Balaban J connectivity index is 1.92. The fourth-order valence-electron chi connectivity index (χ4n) is 2.05. The molecule has 0 spiro atoms. The molecule has 0 aromatic heterocycles. The van der Waals surface area contributed by atoms with Crippen molar-refractivity contribution in [1.29, 1.82) is 5.26 Å². The van der Waals surface area contributed by atoms with Crippen LogP contribution in [0.15, 0.2) is 54.1 Å². The molecule has 0 saturated carbocycles. The standard InChI is InChI=1S/C19H17N3O2S/c1-13-3-2-4-16(9-13)22-18(23)12-24-17-7-5-14(6-8-17)10-15(11-20)19(21)25/h2-10H,12H2,1H3,(H2,21,25)(H,22,23)/b15-10+. The number of nitrogens with zero attached hydrogens (tertiary/aromatic N) is 1. The van der Waals surface area contributed by atoms with E-state index in [0.29, 0.717) is 5.75 Å². The van der Waals surface area contributed by atoms with Crippen LogP contribution in [0.4, 0.5) is 5.69 Å². The van der Waals surface area contributed by atoms with Gasteiger partial charge in [0.2, 0.25) is 0 Å². The molecule has 0 radical (unpaired) electrons. The number of rotatable bonds is 6. The number of benzene rings is 2. The predicted octanol–water partition coefficient (Wildman–Crippen LogP) is 3.21. The molecular weight excluding hydrogens is 334 g/mol. The SMILES string of the molecule is Cc1cccc(NC(=O)COc2ccc(/C=C(\C#N)C(N)=S)cc2)c1. The quantitative estimate of drug-likeness (QED) is 0.474. The maximum Gasteiger partial charge on any atom is 0.262 e. The highest BCUT2D eigenvalue weighted by Crippen LogP contribution is 2.15. The fourth-order valence-corrected chi connectivity index (χ4v) is 2.16.